The summed E-state index contributed by atoms with van der Waals surface area (Å²) in [6, 6.07) is 20.1. The molecule has 172 valence electrons. The number of alkyl halides is 3. The first-order valence-electron chi connectivity index (χ1n) is 10.3. The van der Waals surface area contributed by atoms with Crippen molar-refractivity contribution in [3.63, 3.8) is 0 Å². The third kappa shape index (κ3) is 4.80. The van der Waals surface area contributed by atoms with E-state index in [4.69, 9.17) is 16.6 Å². The molecule has 0 bridgehead atoms. The quantitative estimate of drug-likeness (QED) is 0.333. The lowest BCUT2D eigenvalue weighted by Gasteiger charge is -2.07. The maximum absolute atomic E-state index is 12.8. The summed E-state index contributed by atoms with van der Waals surface area (Å²) in [6.07, 6.45) is -2.90. The van der Waals surface area contributed by atoms with E-state index in [9.17, 15) is 13.2 Å². The van der Waals surface area contributed by atoms with Gasteiger partial charge in [0, 0.05) is 22.0 Å². The Morgan fingerprint density at radius 1 is 0.971 bits per heavy atom. The van der Waals surface area contributed by atoms with Gasteiger partial charge in [-0.15, -0.1) is 5.10 Å². The second-order valence-corrected chi connectivity index (χ2v) is 8.96. The van der Waals surface area contributed by atoms with Crippen molar-refractivity contribution in [1.82, 2.24) is 14.8 Å². The number of nitrogens with one attached hydrogen (secondary N) is 1. The van der Waals surface area contributed by atoms with E-state index in [2.05, 4.69) is 15.4 Å². The fraction of sp³-hybridized carbons (Fsp3) is 0.125. The second-order valence-electron chi connectivity index (χ2n) is 7.54. The molecule has 0 saturated carbocycles. The molecule has 0 fully saturated rings. The average molecular weight is 500 g/mol. The number of aromatic nitrogens is 3. The molecule has 1 aliphatic rings. The molecule has 5 rings (SSSR count). The number of hydrogen-bond acceptors (Lipinski definition) is 5. The van der Waals surface area contributed by atoms with E-state index < -0.39 is 11.7 Å². The number of amidine groups is 1. The predicted molar refractivity (Wildman–Crippen MR) is 130 cm³/mol. The first kappa shape index (κ1) is 22.5. The minimum Gasteiger partial charge on any atom is -0.335 e. The first-order chi connectivity index (χ1) is 16.4. The maximum atomic E-state index is 12.8. The van der Waals surface area contributed by atoms with Crippen molar-refractivity contribution in [1.29, 1.82) is 0 Å². The van der Waals surface area contributed by atoms with Crippen LogP contribution < -0.4 is 5.32 Å². The van der Waals surface area contributed by atoms with E-state index >= 15 is 0 Å². The monoisotopic (exact) mass is 499 g/mol. The topological polar surface area (TPSA) is 55.1 Å². The molecule has 0 radical (unpaired) electrons. The zero-order chi connectivity index (χ0) is 23.7. The van der Waals surface area contributed by atoms with Crippen LogP contribution in [0.2, 0.25) is 5.02 Å². The number of aliphatic imine (C=N–C) groups is 1. The normalized spacial score (nSPS) is 15.9. The van der Waals surface area contributed by atoms with Crippen molar-refractivity contribution in [3.05, 3.63) is 95.3 Å². The smallest absolute Gasteiger partial charge is 0.335 e. The molecule has 5 nitrogen and oxygen atoms in total. The van der Waals surface area contributed by atoms with Crippen LogP contribution in [0, 0.1) is 0 Å². The van der Waals surface area contributed by atoms with Crippen molar-refractivity contribution in [3.8, 4) is 17.1 Å². The third-order valence-electron chi connectivity index (χ3n) is 5.26. The Morgan fingerprint density at radius 2 is 1.71 bits per heavy atom. The van der Waals surface area contributed by atoms with Crippen LogP contribution in [0.25, 0.3) is 17.1 Å². The second kappa shape index (κ2) is 9.15. The summed E-state index contributed by atoms with van der Waals surface area (Å²) in [5.74, 6) is 1.29. The van der Waals surface area contributed by atoms with E-state index in [-0.39, 0.29) is 6.04 Å². The molecule has 0 amide bonds. The Morgan fingerprint density at radius 3 is 2.41 bits per heavy atom. The van der Waals surface area contributed by atoms with E-state index in [0.717, 1.165) is 39.9 Å². The molecular formula is C24H17ClF3N5S. The number of nitrogens with zero attached hydrogens (tertiary/aromatic N) is 4. The summed E-state index contributed by atoms with van der Waals surface area (Å²) in [5, 5.41) is 9.25. The molecule has 1 unspecified atom stereocenters. The highest BCUT2D eigenvalue weighted by Gasteiger charge is 2.30. The number of rotatable bonds is 4. The molecule has 3 aromatic carbocycles. The summed E-state index contributed by atoms with van der Waals surface area (Å²) in [7, 11) is 0. The molecule has 0 saturated heterocycles. The SMILES string of the molecule is FC(F)(F)c1ccc(-n2cnc(-c3ccc(NC4=NC(c5ccccc5Cl)CS4)cc3)n2)cc1. The highest BCUT2D eigenvalue weighted by atomic mass is 35.5. The molecule has 1 N–H and O–H groups in total. The summed E-state index contributed by atoms with van der Waals surface area (Å²) in [6.45, 7) is 0. The van der Waals surface area contributed by atoms with Crippen molar-refractivity contribution < 1.29 is 13.2 Å². The van der Waals surface area contributed by atoms with Crippen LogP contribution in [0.15, 0.2) is 84.1 Å². The van der Waals surface area contributed by atoms with Crippen molar-refractivity contribution in [2.45, 2.75) is 12.2 Å². The van der Waals surface area contributed by atoms with Gasteiger partial charge >= 0.3 is 6.18 Å². The fourth-order valence-electron chi connectivity index (χ4n) is 3.50. The van der Waals surface area contributed by atoms with Crippen molar-refractivity contribution >= 4 is 34.2 Å². The Bertz CT molecular complexity index is 1330. The minimum atomic E-state index is -4.38. The van der Waals surface area contributed by atoms with Crippen LogP contribution in [0.4, 0.5) is 18.9 Å². The fourth-order valence-corrected chi connectivity index (χ4v) is 4.72. The summed E-state index contributed by atoms with van der Waals surface area (Å²) in [4.78, 5) is 9.03. The van der Waals surface area contributed by atoms with Crippen LogP contribution in [-0.4, -0.2) is 25.7 Å². The van der Waals surface area contributed by atoms with Gasteiger partial charge in [0.15, 0.2) is 11.0 Å². The lowest BCUT2D eigenvalue weighted by Crippen LogP contribution is -2.05. The van der Waals surface area contributed by atoms with Gasteiger partial charge < -0.3 is 5.32 Å². The Kier molecular flexibility index (Phi) is 6.05. The molecule has 34 heavy (non-hydrogen) atoms. The Hall–Kier alpha value is -3.30. The van der Waals surface area contributed by atoms with Crippen LogP contribution in [0.1, 0.15) is 17.2 Å². The minimum absolute atomic E-state index is 0.0128. The largest absolute Gasteiger partial charge is 0.416 e. The Balaban J connectivity index is 1.27. The molecule has 10 heteroatoms. The van der Waals surface area contributed by atoms with Crippen LogP contribution in [-0.2, 0) is 6.18 Å². The third-order valence-corrected chi connectivity index (χ3v) is 6.57. The van der Waals surface area contributed by atoms with Crippen LogP contribution in [0.3, 0.4) is 0 Å². The van der Waals surface area contributed by atoms with Gasteiger partial charge in [-0.3, -0.25) is 4.99 Å². The lowest BCUT2D eigenvalue weighted by atomic mass is 10.1. The lowest BCUT2D eigenvalue weighted by molar-refractivity contribution is -0.137. The standard InChI is InChI=1S/C24H17ClF3N5S/c25-20-4-2-1-3-19(20)21-13-34-23(31-21)30-17-9-5-15(6-10-17)22-29-14-33(32-22)18-11-7-16(8-12-18)24(26,27)28/h1-12,14,21H,13H2,(H,30,31). The van der Waals surface area contributed by atoms with E-state index in [1.165, 1.54) is 23.1 Å². The zero-order valence-corrected chi connectivity index (χ0v) is 19.1. The molecule has 4 aromatic rings. The molecule has 0 spiro atoms. The number of benzene rings is 3. The van der Waals surface area contributed by atoms with Gasteiger partial charge in [0.1, 0.15) is 6.33 Å². The molecule has 0 aliphatic carbocycles. The number of thioether (sulfide) groups is 1. The van der Waals surface area contributed by atoms with Gasteiger partial charge in [0.2, 0.25) is 0 Å². The van der Waals surface area contributed by atoms with Gasteiger partial charge in [-0.1, -0.05) is 41.6 Å². The van der Waals surface area contributed by atoms with E-state index in [1.54, 1.807) is 11.8 Å². The van der Waals surface area contributed by atoms with Gasteiger partial charge in [0.25, 0.3) is 0 Å². The highest BCUT2D eigenvalue weighted by Crippen LogP contribution is 2.34. The van der Waals surface area contributed by atoms with E-state index in [0.29, 0.717) is 16.5 Å². The molecular weight excluding hydrogens is 483 g/mol. The zero-order valence-electron chi connectivity index (χ0n) is 17.5. The summed E-state index contributed by atoms with van der Waals surface area (Å²) >= 11 is 7.93. The van der Waals surface area contributed by atoms with Crippen LogP contribution >= 0.6 is 23.4 Å². The average Bonchev–Trinajstić information content (AvgIpc) is 3.50. The first-order valence-corrected chi connectivity index (χ1v) is 11.6. The van der Waals surface area contributed by atoms with E-state index in [1.807, 2.05) is 48.5 Å². The number of hydrogen-bond donors (Lipinski definition) is 1. The number of halogens is 4. The van der Waals surface area contributed by atoms with Gasteiger partial charge in [-0.2, -0.15) is 13.2 Å². The molecule has 2 heterocycles. The molecule has 1 aromatic heterocycles. The van der Waals surface area contributed by atoms with Crippen molar-refractivity contribution in [2.75, 3.05) is 11.1 Å². The van der Waals surface area contributed by atoms with Gasteiger partial charge in [-0.25, -0.2) is 9.67 Å². The Labute approximate surface area is 202 Å². The van der Waals surface area contributed by atoms with Gasteiger partial charge in [-0.05, 0) is 60.2 Å². The van der Waals surface area contributed by atoms with Crippen molar-refractivity contribution in [2.24, 2.45) is 4.99 Å². The molecule has 1 atom stereocenters. The molecule has 1 aliphatic heterocycles. The number of anilines is 1. The van der Waals surface area contributed by atoms with Crippen LogP contribution in [0.5, 0.6) is 0 Å². The summed E-state index contributed by atoms with van der Waals surface area (Å²) in [5.41, 5.74) is 2.46. The van der Waals surface area contributed by atoms with Gasteiger partial charge in [0.05, 0.1) is 17.3 Å². The maximum Gasteiger partial charge on any atom is 0.416 e. The summed E-state index contributed by atoms with van der Waals surface area (Å²) < 4.78 is 39.7. The highest BCUT2D eigenvalue weighted by molar-refractivity contribution is 8.14. The predicted octanol–water partition coefficient (Wildman–Crippen LogP) is 6.86.